The third-order valence-electron chi connectivity index (χ3n) is 11.7. The van der Waals surface area contributed by atoms with Gasteiger partial charge in [-0.15, -0.1) is 0 Å². The Hall–Kier alpha value is -4.64. The van der Waals surface area contributed by atoms with Gasteiger partial charge in [0.25, 0.3) is 5.91 Å². The van der Waals surface area contributed by atoms with Crippen LogP contribution in [0.5, 0.6) is 5.88 Å². The summed E-state index contributed by atoms with van der Waals surface area (Å²) in [6, 6.07) is 8.51. The van der Waals surface area contributed by atoms with Gasteiger partial charge in [0.2, 0.25) is 33.8 Å². The van der Waals surface area contributed by atoms with Crippen LogP contribution in [0.25, 0.3) is 21.7 Å². The maximum absolute atomic E-state index is 15.5. The Bertz CT molecular complexity index is 2230. The molecule has 1 aromatic heterocycles. The highest BCUT2D eigenvalue weighted by Crippen LogP contribution is 2.57. The number of carbonyl (C=O) groups excluding carboxylic acids is 4. The van der Waals surface area contributed by atoms with E-state index in [1.165, 1.54) is 19.1 Å². The molecule has 0 radical (unpaired) electrons. The molecule has 2 aromatic carbocycles. The van der Waals surface area contributed by atoms with Crippen molar-refractivity contribution in [1.82, 2.24) is 19.9 Å². The van der Waals surface area contributed by atoms with Gasteiger partial charge in [0.15, 0.2) is 5.78 Å². The molecule has 1 saturated heterocycles. The van der Waals surface area contributed by atoms with Crippen molar-refractivity contribution in [3.8, 4) is 5.88 Å². The first kappa shape index (κ1) is 39.6. The van der Waals surface area contributed by atoms with Crippen LogP contribution in [-0.4, -0.2) is 88.7 Å². The summed E-state index contributed by atoms with van der Waals surface area (Å²) in [5, 5.41) is 12.9. The van der Waals surface area contributed by atoms with Gasteiger partial charge in [-0.2, -0.15) is 13.2 Å². The molecule has 0 bridgehead atoms. The number of ketones is 1. The van der Waals surface area contributed by atoms with Crippen LogP contribution >= 0.6 is 0 Å². The van der Waals surface area contributed by atoms with E-state index in [1.807, 2.05) is 11.4 Å². The van der Waals surface area contributed by atoms with Gasteiger partial charge in [0, 0.05) is 18.2 Å². The van der Waals surface area contributed by atoms with Gasteiger partial charge in [0.1, 0.15) is 18.0 Å². The molecule has 2 aliphatic carbocycles. The molecule has 3 fully saturated rings. The first-order valence-electron chi connectivity index (χ1n) is 18.7. The number of aromatic nitrogens is 1. The van der Waals surface area contributed by atoms with E-state index < -0.39 is 92.3 Å². The lowest BCUT2D eigenvalue weighted by atomic mass is 9.91. The summed E-state index contributed by atoms with van der Waals surface area (Å²) < 4.78 is 89.1. The summed E-state index contributed by atoms with van der Waals surface area (Å²) in [6.45, 7) is 1.19. The molecule has 17 heteroatoms. The first-order valence-corrected chi connectivity index (χ1v) is 20.2. The highest BCUT2D eigenvalue weighted by Gasteiger charge is 2.62. The van der Waals surface area contributed by atoms with E-state index in [9.17, 15) is 45.9 Å². The van der Waals surface area contributed by atoms with Crippen LogP contribution in [0.3, 0.4) is 0 Å². The Morgan fingerprint density at radius 1 is 1.05 bits per heavy atom. The van der Waals surface area contributed by atoms with E-state index in [0.717, 1.165) is 4.90 Å². The number of ether oxygens (including phenoxy) is 1. The number of sulfonamides is 1. The number of carbonyl (C=O) groups is 4. The number of rotatable bonds is 7. The fourth-order valence-electron chi connectivity index (χ4n) is 7.86. The van der Waals surface area contributed by atoms with E-state index in [4.69, 9.17) is 4.74 Å². The second-order valence-electron chi connectivity index (χ2n) is 15.6. The molecule has 6 atom stereocenters. The number of nitrogens with one attached hydrogen (secondary N) is 2. The number of hydrogen-bond acceptors (Lipinski definition) is 9. The van der Waals surface area contributed by atoms with Crippen molar-refractivity contribution in [2.45, 2.75) is 106 Å². The molecular weight excluding hydrogens is 761 g/mol. The van der Waals surface area contributed by atoms with Crippen LogP contribution in [0.4, 0.5) is 17.6 Å². The van der Waals surface area contributed by atoms with Crippen LogP contribution in [0, 0.1) is 17.2 Å². The number of Topliss-reactive ketones (excluding diaryl/α,β-unsaturated/α-hetero) is 1. The normalized spacial score (nSPS) is 28.0. The Morgan fingerprint density at radius 2 is 1.79 bits per heavy atom. The summed E-state index contributed by atoms with van der Waals surface area (Å²) in [5.74, 6) is -5.47. The minimum absolute atomic E-state index is 0.0494. The number of halogens is 4. The average molecular weight is 803 g/mol. The predicted octanol–water partition coefficient (Wildman–Crippen LogP) is 4.77. The number of aliphatic hydroxyl groups excluding tert-OH is 1. The number of nitrogens with zero attached hydrogens (tertiary/aromatic N) is 2. The van der Waals surface area contributed by atoms with Gasteiger partial charge in [-0.05, 0) is 68.9 Å². The maximum Gasteiger partial charge on any atom is 0.423 e. The summed E-state index contributed by atoms with van der Waals surface area (Å²) in [7, 11) is -4.07. The summed E-state index contributed by atoms with van der Waals surface area (Å²) in [4.78, 5) is 60.9. The third-order valence-corrected chi connectivity index (χ3v) is 13.8. The largest absolute Gasteiger partial charge is 0.472 e. The van der Waals surface area contributed by atoms with Gasteiger partial charge in [0.05, 0.1) is 33.7 Å². The second kappa shape index (κ2) is 14.7. The molecule has 0 unspecified atom stereocenters. The second-order valence-corrected chi connectivity index (χ2v) is 17.8. The summed E-state index contributed by atoms with van der Waals surface area (Å²) in [6.07, 6.45) is -4.11. The smallest absolute Gasteiger partial charge is 0.423 e. The van der Waals surface area contributed by atoms with E-state index in [-0.39, 0.29) is 43.5 Å². The molecule has 12 nitrogen and oxygen atoms in total. The van der Waals surface area contributed by atoms with Crippen molar-refractivity contribution >= 4 is 55.2 Å². The van der Waals surface area contributed by atoms with Crippen LogP contribution in [0.15, 0.2) is 54.6 Å². The van der Waals surface area contributed by atoms with Crippen molar-refractivity contribution in [3.05, 3.63) is 60.4 Å². The fraction of sp³-hybridized carbons (Fsp3) is 0.513. The third kappa shape index (κ3) is 7.59. The van der Waals surface area contributed by atoms with Crippen molar-refractivity contribution in [3.63, 3.8) is 0 Å². The zero-order chi connectivity index (χ0) is 40.2. The molecule has 4 aliphatic rings. The van der Waals surface area contributed by atoms with Crippen molar-refractivity contribution in [2.75, 3.05) is 6.54 Å². The number of aliphatic hydroxyl groups is 1. The lowest BCUT2D eigenvalue weighted by Crippen LogP contribution is -2.55. The van der Waals surface area contributed by atoms with Gasteiger partial charge in [-0.25, -0.2) is 17.8 Å². The Kier molecular flexibility index (Phi) is 10.4. The molecule has 3 aromatic rings. The van der Waals surface area contributed by atoms with E-state index in [2.05, 4.69) is 9.71 Å². The number of pyridine rings is 1. The fourth-order valence-corrected chi connectivity index (χ4v) is 9.19. The zero-order valence-corrected chi connectivity index (χ0v) is 31.3. The molecule has 0 spiro atoms. The molecule has 3 amide bonds. The minimum atomic E-state index is -5.31. The Balaban J connectivity index is 1.24. The van der Waals surface area contributed by atoms with E-state index in [1.54, 1.807) is 36.4 Å². The van der Waals surface area contributed by atoms with Gasteiger partial charge < -0.3 is 20.1 Å². The van der Waals surface area contributed by atoms with E-state index >= 15 is 4.39 Å². The lowest BCUT2D eigenvalue weighted by molar-refractivity contribution is -0.205. The molecule has 300 valence electrons. The summed E-state index contributed by atoms with van der Waals surface area (Å²) in [5.41, 5.74) is -0.981. The minimum Gasteiger partial charge on any atom is -0.472 e. The van der Waals surface area contributed by atoms with Crippen LogP contribution in [-0.2, 0) is 29.2 Å². The van der Waals surface area contributed by atoms with Crippen molar-refractivity contribution in [2.24, 2.45) is 11.3 Å². The van der Waals surface area contributed by atoms with Crippen LogP contribution in [0.1, 0.15) is 71.1 Å². The van der Waals surface area contributed by atoms with Gasteiger partial charge in [-0.3, -0.25) is 23.9 Å². The Morgan fingerprint density at radius 3 is 2.52 bits per heavy atom. The lowest BCUT2D eigenvalue weighted by Gasteiger charge is -2.30. The van der Waals surface area contributed by atoms with Gasteiger partial charge in [-0.1, -0.05) is 55.3 Å². The quantitative estimate of drug-likeness (QED) is 0.173. The number of allylic oxidation sites excluding steroid dienone is 2. The Labute approximate surface area is 320 Å². The number of fused-ring (bicyclic) bond motifs is 5. The zero-order valence-electron chi connectivity index (χ0n) is 30.5. The first-order chi connectivity index (χ1) is 26.4. The monoisotopic (exact) mass is 802 g/mol. The average Bonchev–Trinajstić information content (AvgIpc) is 4.03. The molecule has 2 aliphatic heterocycles. The van der Waals surface area contributed by atoms with Gasteiger partial charge >= 0.3 is 6.18 Å². The number of amides is 3. The standard InChI is InChI=1S/C39H42F4N4O8S/c1-37(16-17-37)56(53,54)46-36(52)38-19-22(38)10-5-3-2-4-6-15-28(44-33(50)32(49)39(41,42)43)35(51)47-21-23(18-29(47)30(48)20-38)55-34-31-25(12-9-13-26(31)40)24-11-7-8-14-27(24)45-34/h5,7-14,22-23,28-29,32,49H,2-4,6,15-21H2,1H3,(H,44,50)(H,46,52)/b10-5-/t22-,23-,28+,29+,32+,38-/m1/s1. The molecule has 3 N–H and O–H groups in total. The van der Waals surface area contributed by atoms with Crippen molar-refractivity contribution < 1.29 is 55.0 Å². The molecule has 7 rings (SSSR count). The topological polar surface area (TPSA) is 172 Å². The SMILES string of the molecule is CC1(S(=O)(=O)NC(=O)[C@]23CC(=O)[C@@H]4C[C@@H](Oc5nc6ccccc6c6cccc(F)c56)CN4C(=O)[C@@H](NC(=O)[C@H](O)C(F)(F)F)CCCCC/C=C\[C@@H]2C3)CC1. The number of hydrogen-bond donors (Lipinski definition) is 3. The highest BCUT2D eigenvalue weighted by molar-refractivity contribution is 7.91. The highest BCUT2D eigenvalue weighted by atomic mass is 32.2. The molecular formula is C39H42F4N4O8S. The number of para-hydroxylation sites is 1. The molecule has 2 saturated carbocycles. The predicted molar refractivity (Wildman–Crippen MR) is 195 cm³/mol. The van der Waals surface area contributed by atoms with Crippen molar-refractivity contribution in [1.29, 1.82) is 0 Å². The van der Waals surface area contributed by atoms with E-state index in [0.29, 0.717) is 48.4 Å². The number of benzene rings is 2. The molecule has 56 heavy (non-hydrogen) atoms. The maximum atomic E-state index is 15.5. The van der Waals surface area contributed by atoms with Crippen LogP contribution < -0.4 is 14.8 Å². The summed E-state index contributed by atoms with van der Waals surface area (Å²) >= 11 is 0. The number of alkyl halides is 3. The van der Waals surface area contributed by atoms with Crippen LogP contribution in [0.2, 0.25) is 0 Å². The molecule has 3 heterocycles.